The van der Waals surface area contributed by atoms with Gasteiger partial charge in [-0.1, -0.05) is 6.92 Å². The van der Waals surface area contributed by atoms with Crippen LogP contribution in [-0.2, 0) is 19.0 Å². The average Bonchev–Trinajstić information content (AvgIpc) is 2.91. The van der Waals surface area contributed by atoms with Crippen LogP contribution in [0.1, 0.15) is 13.3 Å². The Morgan fingerprint density at radius 2 is 1.92 bits per heavy atom. The number of hydrogen-bond donors (Lipinski definition) is 5. The molecule has 2 heterocycles. The molecule has 0 bridgehead atoms. The number of aldehydes is 1. The molecule has 0 aromatic heterocycles. The lowest BCUT2D eigenvalue weighted by molar-refractivity contribution is -0.342. The third-order valence-electron chi connectivity index (χ3n) is 5.39. The molecule has 0 spiro atoms. The molecule has 1 aliphatic carbocycles. The summed E-state index contributed by atoms with van der Waals surface area (Å²) in [5, 5.41) is 49.2. The maximum absolute atomic E-state index is 11.2. The van der Waals surface area contributed by atoms with Crippen LogP contribution in [0.2, 0.25) is 0 Å². The summed E-state index contributed by atoms with van der Waals surface area (Å²) in [4.78, 5) is 11.2. The smallest absolute Gasteiger partial charge is 0.205 e. The Kier molecular flexibility index (Phi) is 5.45. The minimum atomic E-state index is -1.55. The first-order valence-corrected chi connectivity index (χ1v) is 8.33. The fraction of sp³-hybridized carbons (Fsp3) is 0.812. The highest BCUT2D eigenvalue weighted by Crippen LogP contribution is 2.46. The molecule has 0 unspecified atom stereocenters. The van der Waals surface area contributed by atoms with Crippen LogP contribution in [0.15, 0.2) is 11.8 Å². The van der Waals surface area contributed by atoms with Crippen LogP contribution in [0.3, 0.4) is 0 Å². The standard InChI is InChI=1S/C16H24O9/c1-6-2-8(19)11-7(3-17)5-23-15(10(6)11)25-16-14(22)13(21)12(20)9(4-18)24-16/h3,5-6,8-16,18-22H,2,4H2,1H3/t6-,8-,9+,10-,11+,12+,13-,14+,15+,16-/m1/s1. The van der Waals surface area contributed by atoms with Crippen molar-refractivity contribution in [1.82, 2.24) is 0 Å². The van der Waals surface area contributed by atoms with Crippen molar-refractivity contribution in [1.29, 1.82) is 0 Å². The van der Waals surface area contributed by atoms with E-state index in [-0.39, 0.29) is 11.8 Å². The fourth-order valence-electron chi connectivity index (χ4n) is 4.03. The minimum absolute atomic E-state index is 0.0152. The zero-order valence-electron chi connectivity index (χ0n) is 13.7. The van der Waals surface area contributed by atoms with Crippen LogP contribution >= 0.6 is 0 Å². The van der Waals surface area contributed by atoms with E-state index in [4.69, 9.17) is 14.2 Å². The number of carbonyl (C=O) groups excluding carboxylic acids is 1. The molecule has 0 amide bonds. The molecule has 3 aliphatic rings. The summed E-state index contributed by atoms with van der Waals surface area (Å²) < 4.78 is 16.5. The third-order valence-corrected chi connectivity index (χ3v) is 5.39. The van der Waals surface area contributed by atoms with E-state index in [2.05, 4.69) is 0 Å². The van der Waals surface area contributed by atoms with Crippen molar-refractivity contribution in [2.24, 2.45) is 17.8 Å². The number of aliphatic hydroxyl groups excluding tert-OH is 5. The molecule has 2 fully saturated rings. The molecule has 0 aromatic rings. The van der Waals surface area contributed by atoms with Gasteiger partial charge in [0.1, 0.15) is 30.7 Å². The summed E-state index contributed by atoms with van der Waals surface area (Å²) in [6.07, 6.45) is -6.28. The lowest BCUT2D eigenvalue weighted by Crippen LogP contribution is -2.60. The van der Waals surface area contributed by atoms with Crippen molar-refractivity contribution < 1.29 is 44.5 Å². The highest BCUT2D eigenvalue weighted by Gasteiger charge is 2.52. The average molecular weight is 360 g/mol. The molecule has 142 valence electrons. The van der Waals surface area contributed by atoms with E-state index >= 15 is 0 Å². The van der Waals surface area contributed by atoms with Crippen molar-refractivity contribution in [3.8, 4) is 0 Å². The summed E-state index contributed by atoms with van der Waals surface area (Å²) in [5.41, 5.74) is 0.343. The van der Waals surface area contributed by atoms with Gasteiger partial charge in [0.2, 0.25) is 6.29 Å². The predicted molar refractivity (Wildman–Crippen MR) is 80.6 cm³/mol. The Morgan fingerprint density at radius 1 is 1.20 bits per heavy atom. The Hall–Kier alpha value is -1.07. The fourth-order valence-corrected chi connectivity index (χ4v) is 4.03. The second-order valence-corrected chi connectivity index (χ2v) is 6.96. The van der Waals surface area contributed by atoms with Crippen LogP contribution < -0.4 is 0 Å². The summed E-state index contributed by atoms with van der Waals surface area (Å²) in [7, 11) is 0. The SMILES string of the molecule is C[C@@H]1C[C@@H](O)[C@@H]2C(C=O)=CO[C@@H](O[C@H]3O[C@@H](CO)[C@H](O)[C@@H](O)[C@@H]3O)[C@@H]21. The summed E-state index contributed by atoms with van der Waals surface area (Å²) in [6, 6.07) is 0. The molecular formula is C16H24O9. The van der Waals surface area contributed by atoms with Gasteiger partial charge >= 0.3 is 0 Å². The van der Waals surface area contributed by atoms with E-state index in [1.54, 1.807) is 0 Å². The second-order valence-electron chi connectivity index (χ2n) is 6.96. The predicted octanol–water partition coefficient (Wildman–Crippen LogP) is -2.12. The van der Waals surface area contributed by atoms with E-state index in [0.29, 0.717) is 18.3 Å². The largest absolute Gasteiger partial charge is 0.472 e. The molecule has 1 saturated carbocycles. The van der Waals surface area contributed by atoms with Crippen LogP contribution in [0.4, 0.5) is 0 Å². The van der Waals surface area contributed by atoms with Crippen molar-refractivity contribution in [3.05, 3.63) is 11.8 Å². The van der Waals surface area contributed by atoms with Gasteiger partial charge in [-0.2, -0.15) is 0 Å². The molecule has 1 saturated heterocycles. The first kappa shape index (κ1) is 18.7. The number of ether oxygens (including phenoxy) is 3. The molecule has 5 N–H and O–H groups in total. The molecule has 0 radical (unpaired) electrons. The molecule has 0 aromatic carbocycles. The third kappa shape index (κ3) is 3.21. The van der Waals surface area contributed by atoms with Crippen LogP contribution in [-0.4, -0.2) is 81.5 Å². The van der Waals surface area contributed by atoms with Gasteiger partial charge in [-0.3, -0.25) is 4.79 Å². The maximum Gasteiger partial charge on any atom is 0.205 e. The van der Waals surface area contributed by atoms with E-state index in [1.165, 1.54) is 6.26 Å². The normalized spacial score (nSPS) is 49.9. The van der Waals surface area contributed by atoms with Gasteiger partial charge in [0, 0.05) is 17.4 Å². The molecular weight excluding hydrogens is 336 g/mol. The highest BCUT2D eigenvalue weighted by atomic mass is 16.8. The Morgan fingerprint density at radius 3 is 2.56 bits per heavy atom. The minimum Gasteiger partial charge on any atom is -0.472 e. The highest BCUT2D eigenvalue weighted by molar-refractivity contribution is 5.74. The van der Waals surface area contributed by atoms with Gasteiger partial charge in [0.25, 0.3) is 0 Å². The van der Waals surface area contributed by atoms with Gasteiger partial charge < -0.3 is 39.7 Å². The van der Waals surface area contributed by atoms with Gasteiger partial charge in [-0.25, -0.2) is 0 Å². The molecule has 25 heavy (non-hydrogen) atoms. The maximum atomic E-state index is 11.2. The van der Waals surface area contributed by atoms with Gasteiger partial charge in [-0.15, -0.1) is 0 Å². The van der Waals surface area contributed by atoms with Crippen molar-refractivity contribution >= 4 is 6.29 Å². The first-order valence-electron chi connectivity index (χ1n) is 8.33. The van der Waals surface area contributed by atoms with Gasteiger partial charge in [-0.05, 0) is 12.3 Å². The molecule has 3 rings (SSSR count). The lowest BCUT2D eigenvalue weighted by atomic mass is 9.83. The molecule has 9 heteroatoms. The number of rotatable bonds is 4. The molecule has 10 atom stereocenters. The Balaban J connectivity index is 1.78. The number of hydrogen-bond acceptors (Lipinski definition) is 9. The first-order chi connectivity index (χ1) is 11.9. The van der Waals surface area contributed by atoms with Gasteiger partial charge in [0.15, 0.2) is 6.29 Å². The zero-order chi connectivity index (χ0) is 18.3. The topological polar surface area (TPSA) is 146 Å². The molecule has 2 aliphatic heterocycles. The van der Waals surface area contributed by atoms with Crippen molar-refractivity contribution in [2.45, 2.75) is 56.4 Å². The van der Waals surface area contributed by atoms with Gasteiger partial charge in [0.05, 0.1) is 19.0 Å². The van der Waals surface area contributed by atoms with E-state index in [9.17, 15) is 30.3 Å². The number of carbonyl (C=O) groups is 1. The van der Waals surface area contributed by atoms with E-state index in [1.807, 2.05) is 6.92 Å². The van der Waals surface area contributed by atoms with Crippen molar-refractivity contribution in [3.63, 3.8) is 0 Å². The zero-order valence-corrected chi connectivity index (χ0v) is 13.7. The summed E-state index contributed by atoms with van der Waals surface area (Å²) >= 11 is 0. The Bertz CT molecular complexity index is 522. The molecule has 9 nitrogen and oxygen atoms in total. The summed E-state index contributed by atoms with van der Waals surface area (Å²) in [5.74, 6) is -0.803. The monoisotopic (exact) mass is 360 g/mol. The van der Waals surface area contributed by atoms with E-state index < -0.39 is 55.6 Å². The Labute approximate surface area is 144 Å². The summed E-state index contributed by atoms with van der Waals surface area (Å²) in [6.45, 7) is 1.33. The number of aliphatic hydroxyl groups is 5. The number of fused-ring (bicyclic) bond motifs is 1. The lowest BCUT2D eigenvalue weighted by Gasteiger charge is -2.43. The second kappa shape index (κ2) is 7.28. The van der Waals surface area contributed by atoms with Crippen molar-refractivity contribution in [2.75, 3.05) is 6.61 Å². The van der Waals surface area contributed by atoms with Crippen LogP contribution in [0.5, 0.6) is 0 Å². The van der Waals surface area contributed by atoms with Crippen LogP contribution in [0, 0.1) is 17.8 Å². The van der Waals surface area contributed by atoms with Crippen LogP contribution in [0.25, 0.3) is 0 Å². The quantitative estimate of drug-likeness (QED) is 0.355. The van der Waals surface area contributed by atoms with E-state index in [0.717, 1.165) is 0 Å².